The van der Waals surface area contributed by atoms with Crippen LogP contribution in [-0.2, 0) is 4.79 Å². The molecule has 1 unspecified atom stereocenters. The average molecular weight is 321 g/mol. The molecule has 0 aliphatic carbocycles. The van der Waals surface area contributed by atoms with Crippen molar-refractivity contribution in [3.8, 4) is 6.07 Å². The number of hydrogen-bond donors (Lipinski definition) is 2. The van der Waals surface area contributed by atoms with Crippen LogP contribution >= 0.6 is 11.6 Å². The number of carbonyl (C=O) groups excluding carboxylic acids is 1. The van der Waals surface area contributed by atoms with E-state index < -0.39 is 0 Å². The van der Waals surface area contributed by atoms with Crippen LogP contribution in [0.3, 0.4) is 0 Å². The van der Waals surface area contributed by atoms with Gasteiger partial charge in [-0.15, -0.1) is 0 Å². The number of nitrogens with zero attached hydrogens (tertiary/aromatic N) is 2. The molecule has 0 bridgehead atoms. The summed E-state index contributed by atoms with van der Waals surface area (Å²) in [4.78, 5) is 14.4. The van der Waals surface area contributed by atoms with E-state index in [0.29, 0.717) is 22.3 Å². The van der Waals surface area contributed by atoms with Crippen LogP contribution in [0.15, 0.2) is 18.2 Å². The van der Waals surface area contributed by atoms with Crippen molar-refractivity contribution in [2.45, 2.75) is 25.8 Å². The maximum absolute atomic E-state index is 12.0. The number of likely N-dealkylation sites (tertiary alicyclic amines) is 1. The van der Waals surface area contributed by atoms with Crippen molar-refractivity contribution in [3.63, 3.8) is 0 Å². The summed E-state index contributed by atoms with van der Waals surface area (Å²) in [5.74, 6) is -0.167. The SMILES string of the molecule is CCN1CCCC1CNCC(=O)Nc1cc(Cl)ccc1C#N. The highest BCUT2D eigenvalue weighted by molar-refractivity contribution is 6.31. The number of carbonyl (C=O) groups is 1. The topological polar surface area (TPSA) is 68.2 Å². The van der Waals surface area contributed by atoms with E-state index in [4.69, 9.17) is 16.9 Å². The van der Waals surface area contributed by atoms with E-state index in [9.17, 15) is 4.79 Å². The Labute approximate surface area is 136 Å². The molecule has 1 aromatic carbocycles. The maximum Gasteiger partial charge on any atom is 0.238 e. The average Bonchev–Trinajstić information content (AvgIpc) is 2.95. The summed E-state index contributed by atoms with van der Waals surface area (Å²) >= 11 is 5.90. The van der Waals surface area contributed by atoms with E-state index >= 15 is 0 Å². The largest absolute Gasteiger partial charge is 0.324 e. The predicted octanol–water partition coefficient (Wildman–Crippen LogP) is 2.22. The third-order valence-corrected chi connectivity index (χ3v) is 4.18. The van der Waals surface area contributed by atoms with E-state index in [1.807, 2.05) is 6.07 Å². The molecule has 1 aliphatic heterocycles. The van der Waals surface area contributed by atoms with Gasteiger partial charge in [0.15, 0.2) is 0 Å². The fourth-order valence-corrected chi connectivity index (χ4v) is 2.98. The molecule has 2 N–H and O–H groups in total. The molecule has 1 saturated heterocycles. The summed E-state index contributed by atoms with van der Waals surface area (Å²) in [5.41, 5.74) is 0.864. The Morgan fingerprint density at radius 1 is 1.55 bits per heavy atom. The van der Waals surface area contributed by atoms with E-state index in [2.05, 4.69) is 22.5 Å². The zero-order valence-corrected chi connectivity index (χ0v) is 13.5. The van der Waals surface area contributed by atoms with Gasteiger partial charge in [-0.05, 0) is 44.1 Å². The number of amides is 1. The van der Waals surface area contributed by atoms with E-state index in [1.165, 1.54) is 12.8 Å². The lowest BCUT2D eigenvalue weighted by Gasteiger charge is -2.22. The molecule has 1 fully saturated rings. The molecule has 1 amide bonds. The Bertz CT molecular complexity index is 570. The second kappa shape index (κ2) is 8.14. The van der Waals surface area contributed by atoms with Crippen LogP contribution in [0, 0.1) is 11.3 Å². The first-order valence-corrected chi connectivity index (χ1v) is 7.96. The molecule has 5 nitrogen and oxygen atoms in total. The molecule has 1 heterocycles. The molecular weight excluding hydrogens is 300 g/mol. The summed E-state index contributed by atoms with van der Waals surface area (Å²) < 4.78 is 0. The number of halogens is 1. The number of nitriles is 1. The Balaban J connectivity index is 1.81. The van der Waals surface area contributed by atoms with E-state index in [-0.39, 0.29) is 12.5 Å². The molecular formula is C16H21ClN4O. The van der Waals surface area contributed by atoms with Gasteiger partial charge in [0.25, 0.3) is 0 Å². The second-order valence-corrected chi connectivity index (χ2v) is 5.84. The molecule has 6 heteroatoms. The lowest BCUT2D eigenvalue weighted by Crippen LogP contribution is -2.40. The molecule has 0 spiro atoms. The van der Waals surface area contributed by atoms with Crippen molar-refractivity contribution >= 4 is 23.2 Å². The number of likely N-dealkylation sites (N-methyl/N-ethyl adjacent to an activating group) is 1. The molecule has 0 radical (unpaired) electrons. The van der Waals surface area contributed by atoms with Crippen molar-refractivity contribution in [1.29, 1.82) is 5.26 Å². The van der Waals surface area contributed by atoms with Gasteiger partial charge in [0.1, 0.15) is 6.07 Å². The summed E-state index contributed by atoms with van der Waals surface area (Å²) in [6.45, 7) is 5.39. The normalized spacial score (nSPS) is 18.1. The number of rotatable bonds is 6. The molecule has 0 saturated carbocycles. The van der Waals surface area contributed by atoms with Gasteiger partial charge in [-0.25, -0.2) is 0 Å². The van der Waals surface area contributed by atoms with Gasteiger partial charge in [-0.2, -0.15) is 5.26 Å². The van der Waals surface area contributed by atoms with Gasteiger partial charge in [0.2, 0.25) is 5.91 Å². The first-order valence-electron chi connectivity index (χ1n) is 7.58. The lowest BCUT2D eigenvalue weighted by atomic mass is 10.2. The summed E-state index contributed by atoms with van der Waals surface area (Å²) in [5, 5.41) is 15.5. The van der Waals surface area contributed by atoms with Gasteiger partial charge in [-0.3, -0.25) is 9.69 Å². The highest BCUT2D eigenvalue weighted by Gasteiger charge is 2.22. The zero-order valence-electron chi connectivity index (χ0n) is 12.7. The molecule has 1 atom stereocenters. The zero-order chi connectivity index (χ0) is 15.9. The van der Waals surface area contributed by atoms with E-state index in [1.54, 1.807) is 18.2 Å². The van der Waals surface area contributed by atoms with Crippen molar-refractivity contribution in [3.05, 3.63) is 28.8 Å². The number of benzene rings is 1. The molecule has 0 aromatic heterocycles. The minimum atomic E-state index is -0.167. The van der Waals surface area contributed by atoms with Gasteiger partial charge in [0, 0.05) is 17.6 Å². The van der Waals surface area contributed by atoms with Gasteiger partial charge in [0.05, 0.1) is 17.8 Å². The summed E-state index contributed by atoms with van der Waals surface area (Å²) in [6, 6.07) is 7.38. The fraction of sp³-hybridized carbons (Fsp3) is 0.500. The highest BCUT2D eigenvalue weighted by Crippen LogP contribution is 2.20. The summed E-state index contributed by atoms with van der Waals surface area (Å²) in [7, 11) is 0. The number of anilines is 1. The van der Waals surface area contributed by atoms with Crippen LogP contribution in [0.4, 0.5) is 5.69 Å². The number of nitrogens with one attached hydrogen (secondary N) is 2. The van der Waals surface area contributed by atoms with Crippen LogP contribution in [0.2, 0.25) is 5.02 Å². The Hall–Kier alpha value is -1.61. The first kappa shape index (κ1) is 16.8. The quantitative estimate of drug-likeness (QED) is 0.843. The van der Waals surface area contributed by atoms with Gasteiger partial charge in [-0.1, -0.05) is 18.5 Å². The molecule has 118 valence electrons. The van der Waals surface area contributed by atoms with Crippen molar-refractivity contribution in [2.24, 2.45) is 0 Å². The van der Waals surface area contributed by atoms with Crippen LogP contribution < -0.4 is 10.6 Å². The maximum atomic E-state index is 12.0. The Morgan fingerprint density at radius 3 is 3.09 bits per heavy atom. The van der Waals surface area contributed by atoms with Crippen molar-refractivity contribution in [2.75, 3.05) is 31.5 Å². The monoisotopic (exact) mass is 320 g/mol. The van der Waals surface area contributed by atoms with Crippen LogP contribution in [0.5, 0.6) is 0 Å². The molecule has 1 aromatic rings. The van der Waals surface area contributed by atoms with Crippen LogP contribution in [-0.4, -0.2) is 43.0 Å². The van der Waals surface area contributed by atoms with E-state index in [0.717, 1.165) is 19.6 Å². The minimum absolute atomic E-state index is 0.167. The van der Waals surface area contributed by atoms with Gasteiger partial charge < -0.3 is 10.6 Å². The highest BCUT2D eigenvalue weighted by atomic mass is 35.5. The van der Waals surface area contributed by atoms with Crippen LogP contribution in [0.25, 0.3) is 0 Å². The Morgan fingerprint density at radius 2 is 2.36 bits per heavy atom. The van der Waals surface area contributed by atoms with Crippen molar-refractivity contribution < 1.29 is 4.79 Å². The molecule has 22 heavy (non-hydrogen) atoms. The first-order chi connectivity index (χ1) is 10.6. The van der Waals surface area contributed by atoms with Gasteiger partial charge >= 0.3 is 0 Å². The molecule has 2 rings (SSSR count). The smallest absolute Gasteiger partial charge is 0.238 e. The summed E-state index contributed by atoms with van der Waals surface area (Å²) in [6.07, 6.45) is 2.40. The van der Waals surface area contributed by atoms with Crippen LogP contribution in [0.1, 0.15) is 25.3 Å². The Kier molecular flexibility index (Phi) is 6.20. The third kappa shape index (κ3) is 4.44. The standard InChI is InChI=1S/C16H21ClN4O/c1-2-21-7-3-4-14(21)10-19-11-16(22)20-15-8-13(17)6-5-12(15)9-18/h5-6,8,14,19H,2-4,7,10-11H2,1H3,(H,20,22). The molecule has 1 aliphatic rings. The lowest BCUT2D eigenvalue weighted by molar-refractivity contribution is -0.115. The van der Waals surface area contributed by atoms with Crippen molar-refractivity contribution in [1.82, 2.24) is 10.2 Å². The predicted molar refractivity (Wildman–Crippen MR) is 87.9 cm³/mol. The number of hydrogen-bond acceptors (Lipinski definition) is 4. The minimum Gasteiger partial charge on any atom is -0.324 e. The fourth-order valence-electron chi connectivity index (χ4n) is 2.81. The third-order valence-electron chi connectivity index (χ3n) is 3.95. The second-order valence-electron chi connectivity index (χ2n) is 5.41.